The Kier molecular flexibility index (Phi) is 3.88. The molecule has 2 aliphatic rings. The molecule has 0 saturated heterocycles. The van der Waals surface area contributed by atoms with Crippen LogP contribution in [0.3, 0.4) is 0 Å². The molecule has 0 amide bonds. The van der Waals surface area contributed by atoms with Crippen molar-refractivity contribution in [1.82, 2.24) is 4.98 Å². The molecule has 0 aliphatic carbocycles. The number of nitrogens with zero attached hydrogens (tertiary/aromatic N) is 1. The molecule has 1 aromatic heterocycles. The van der Waals surface area contributed by atoms with Crippen molar-refractivity contribution in [2.75, 3.05) is 5.32 Å². The lowest BCUT2D eigenvalue weighted by molar-refractivity contribution is 0.242. The molecule has 3 nitrogen and oxygen atoms in total. The van der Waals surface area contributed by atoms with Crippen LogP contribution in [0.1, 0.15) is 43.6 Å². The van der Waals surface area contributed by atoms with Crippen molar-refractivity contribution in [1.29, 1.82) is 0 Å². The third-order valence-corrected chi connectivity index (χ3v) is 6.16. The molecule has 1 atom stereocenters. The molecule has 0 saturated carbocycles. The van der Waals surface area contributed by atoms with Crippen LogP contribution in [0.5, 0.6) is 5.75 Å². The van der Waals surface area contributed by atoms with E-state index in [1.807, 2.05) is 24.4 Å². The Hall–Kier alpha value is -2.59. The largest absolute Gasteiger partial charge is 0.480 e. The Balaban J connectivity index is 1.83. The lowest BCUT2D eigenvalue weighted by Crippen LogP contribution is -2.32. The second-order valence-electron chi connectivity index (χ2n) is 8.01. The van der Waals surface area contributed by atoms with Gasteiger partial charge in [0.2, 0.25) is 0 Å². The number of nitrogens with one attached hydrogen (secondary N) is 1. The summed E-state index contributed by atoms with van der Waals surface area (Å²) in [5.41, 5.74) is 8.14. The van der Waals surface area contributed by atoms with Crippen LogP contribution in [-0.2, 0) is 0 Å². The van der Waals surface area contributed by atoms with Crippen LogP contribution in [0.2, 0.25) is 0 Å². The average Bonchev–Trinajstić information content (AvgIpc) is 2.66. The molecule has 0 radical (unpaired) electrons. The molecule has 0 fully saturated rings. The van der Waals surface area contributed by atoms with Gasteiger partial charge in [-0.3, -0.25) is 4.98 Å². The first kappa shape index (κ1) is 17.5. The summed E-state index contributed by atoms with van der Waals surface area (Å²) in [4.78, 5) is 4.36. The zero-order valence-electron chi connectivity index (χ0n) is 16.1. The minimum absolute atomic E-state index is 0.0802. The topological polar surface area (TPSA) is 34.2 Å². The maximum Gasteiger partial charge on any atom is 0.153 e. The van der Waals surface area contributed by atoms with Crippen molar-refractivity contribution in [3.05, 3.63) is 82.1 Å². The van der Waals surface area contributed by atoms with Gasteiger partial charge in [0, 0.05) is 44.8 Å². The first-order valence-electron chi connectivity index (χ1n) is 9.45. The van der Waals surface area contributed by atoms with Crippen molar-refractivity contribution in [3.63, 3.8) is 0 Å². The van der Waals surface area contributed by atoms with Crippen molar-refractivity contribution in [2.24, 2.45) is 0 Å². The van der Waals surface area contributed by atoms with Crippen LogP contribution in [-0.4, -0.2) is 10.5 Å². The van der Waals surface area contributed by atoms with E-state index in [4.69, 9.17) is 4.74 Å². The normalized spacial score (nSPS) is 18.7. The lowest BCUT2D eigenvalue weighted by Gasteiger charge is -2.37. The second-order valence-corrected chi connectivity index (χ2v) is 8.87. The molecule has 2 aromatic carbocycles. The third kappa shape index (κ3) is 2.67. The number of anilines is 1. The monoisotopic (exact) mass is 432 g/mol. The number of pyridine rings is 1. The van der Waals surface area contributed by atoms with Gasteiger partial charge in [0.15, 0.2) is 6.10 Å². The van der Waals surface area contributed by atoms with E-state index in [2.05, 4.69) is 77.3 Å². The molecule has 3 heterocycles. The van der Waals surface area contributed by atoms with E-state index in [-0.39, 0.29) is 11.6 Å². The van der Waals surface area contributed by atoms with Crippen LogP contribution in [0.25, 0.3) is 16.7 Å². The van der Waals surface area contributed by atoms with Gasteiger partial charge >= 0.3 is 0 Å². The van der Waals surface area contributed by atoms with Gasteiger partial charge in [-0.05, 0) is 50.1 Å². The summed E-state index contributed by atoms with van der Waals surface area (Å²) < 4.78 is 7.57. The Morgan fingerprint density at radius 3 is 2.71 bits per heavy atom. The summed E-state index contributed by atoms with van der Waals surface area (Å²) in [5, 5.41) is 3.67. The number of hydrogen-bond donors (Lipinski definition) is 1. The molecule has 28 heavy (non-hydrogen) atoms. The third-order valence-electron chi connectivity index (χ3n) is 5.44. The number of ether oxygens (including phenoxy) is 1. The van der Waals surface area contributed by atoms with Gasteiger partial charge in [-0.2, -0.15) is 0 Å². The molecule has 0 spiro atoms. The predicted octanol–water partition coefficient (Wildman–Crippen LogP) is 6.60. The van der Waals surface area contributed by atoms with Gasteiger partial charge in [0.1, 0.15) is 5.75 Å². The van der Waals surface area contributed by atoms with Crippen molar-refractivity contribution in [3.8, 4) is 16.9 Å². The summed E-state index contributed by atoms with van der Waals surface area (Å²) in [6.45, 7) is 6.58. The Morgan fingerprint density at radius 1 is 1.07 bits per heavy atom. The van der Waals surface area contributed by atoms with Gasteiger partial charge < -0.3 is 10.1 Å². The van der Waals surface area contributed by atoms with E-state index < -0.39 is 0 Å². The zero-order chi connectivity index (χ0) is 19.5. The average molecular weight is 433 g/mol. The summed E-state index contributed by atoms with van der Waals surface area (Å²) in [6, 6.07) is 14.6. The van der Waals surface area contributed by atoms with Crippen LogP contribution < -0.4 is 10.1 Å². The minimum Gasteiger partial charge on any atom is -0.480 e. The van der Waals surface area contributed by atoms with Crippen molar-refractivity contribution in [2.45, 2.75) is 32.4 Å². The standard InChI is InChI=1S/C24H21BrN2O/c1-14-12-24(2,3)27-19-9-8-16-15-6-4-5-7-20(15)28-23(22(16)21(14)19)17-13-26-11-10-18(17)25/h4-13,23,27H,1-3H3. The number of benzene rings is 2. The van der Waals surface area contributed by atoms with E-state index in [0.29, 0.717) is 0 Å². The number of halogens is 1. The maximum absolute atomic E-state index is 6.57. The molecule has 3 aromatic rings. The highest BCUT2D eigenvalue weighted by Gasteiger charge is 2.35. The van der Waals surface area contributed by atoms with Crippen LogP contribution >= 0.6 is 15.9 Å². The molecule has 140 valence electrons. The van der Waals surface area contributed by atoms with Crippen molar-refractivity contribution >= 4 is 27.2 Å². The number of hydrogen-bond acceptors (Lipinski definition) is 3. The molecule has 0 bridgehead atoms. The summed E-state index contributed by atoms with van der Waals surface area (Å²) >= 11 is 3.70. The fourth-order valence-electron chi connectivity index (χ4n) is 4.43. The first-order chi connectivity index (χ1) is 13.4. The number of rotatable bonds is 1. The SMILES string of the molecule is CC1=CC(C)(C)Nc2ccc3c(c21)C(c1cnccc1Br)Oc1ccccc1-3. The first-order valence-corrected chi connectivity index (χ1v) is 10.2. The van der Waals surface area contributed by atoms with E-state index in [1.165, 1.54) is 22.3 Å². The summed E-state index contributed by atoms with van der Waals surface area (Å²) in [6.07, 6.45) is 5.76. The van der Waals surface area contributed by atoms with Crippen molar-refractivity contribution < 1.29 is 4.74 Å². The number of allylic oxidation sites excluding steroid dienone is 1. The highest BCUT2D eigenvalue weighted by atomic mass is 79.9. The fraction of sp³-hybridized carbons (Fsp3) is 0.208. The highest BCUT2D eigenvalue weighted by molar-refractivity contribution is 9.10. The molecule has 5 rings (SSSR count). The Morgan fingerprint density at radius 2 is 1.89 bits per heavy atom. The smallest absolute Gasteiger partial charge is 0.153 e. The molecular formula is C24H21BrN2O. The highest BCUT2D eigenvalue weighted by Crippen LogP contribution is 2.51. The predicted molar refractivity (Wildman–Crippen MR) is 118 cm³/mol. The van der Waals surface area contributed by atoms with E-state index >= 15 is 0 Å². The molecule has 2 aliphatic heterocycles. The van der Waals surface area contributed by atoms with Crippen LogP contribution in [0.4, 0.5) is 5.69 Å². The van der Waals surface area contributed by atoms with E-state index in [9.17, 15) is 0 Å². The van der Waals surface area contributed by atoms with Gasteiger partial charge in [0.25, 0.3) is 0 Å². The van der Waals surface area contributed by atoms with E-state index in [1.54, 1.807) is 6.20 Å². The maximum atomic E-state index is 6.57. The van der Waals surface area contributed by atoms with Gasteiger partial charge in [-0.15, -0.1) is 0 Å². The fourth-order valence-corrected chi connectivity index (χ4v) is 4.86. The molecule has 1 unspecified atom stereocenters. The van der Waals surface area contributed by atoms with Gasteiger partial charge in [-0.25, -0.2) is 0 Å². The van der Waals surface area contributed by atoms with Gasteiger partial charge in [0.05, 0.1) is 5.54 Å². The zero-order valence-corrected chi connectivity index (χ0v) is 17.7. The number of aromatic nitrogens is 1. The van der Waals surface area contributed by atoms with Crippen LogP contribution in [0.15, 0.2) is 65.4 Å². The Labute approximate surface area is 173 Å². The number of para-hydroxylation sites is 1. The summed E-state index contributed by atoms with van der Waals surface area (Å²) in [5.74, 6) is 0.904. The van der Waals surface area contributed by atoms with Crippen LogP contribution in [0, 0.1) is 0 Å². The molecule has 1 N–H and O–H groups in total. The summed E-state index contributed by atoms with van der Waals surface area (Å²) in [7, 11) is 0. The van der Waals surface area contributed by atoms with E-state index in [0.717, 1.165) is 27.0 Å². The minimum atomic E-state index is -0.228. The quantitative estimate of drug-likeness (QED) is 0.470. The Bertz CT molecular complexity index is 1130. The lowest BCUT2D eigenvalue weighted by atomic mass is 9.81. The van der Waals surface area contributed by atoms with Gasteiger partial charge in [-0.1, -0.05) is 46.3 Å². The molecule has 4 heteroatoms. The number of fused-ring (bicyclic) bond motifs is 5. The molecular weight excluding hydrogens is 412 g/mol. The second kappa shape index (κ2) is 6.21.